The molecule has 1 aliphatic rings. The molecule has 0 radical (unpaired) electrons. The molecule has 2 heterocycles. The summed E-state index contributed by atoms with van der Waals surface area (Å²) in [5, 5.41) is 0.411. The van der Waals surface area contributed by atoms with Gasteiger partial charge < -0.3 is 20.2 Å². The van der Waals surface area contributed by atoms with Crippen LogP contribution < -0.4 is 5.73 Å². The zero-order valence-electron chi connectivity index (χ0n) is 18.1. The number of hydrogen-bond acceptors (Lipinski definition) is 8. The molecule has 0 saturated heterocycles. The van der Waals surface area contributed by atoms with Gasteiger partial charge in [-0.25, -0.2) is 23.5 Å². The molecule has 35 heavy (non-hydrogen) atoms. The number of nitrogen functional groups attached to an aromatic ring is 1. The van der Waals surface area contributed by atoms with E-state index in [1.54, 1.807) is 6.92 Å². The molecule has 3 rings (SSSR count). The van der Waals surface area contributed by atoms with Crippen LogP contribution in [0.15, 0.2) is 34.8 Å². The maximum Gasteiger partial charge on any atom is 0.493 e. The lowest BCUT2D eigenvalue weighted by molar-refractivity contribution is -0.258. The van der Waals surface area contributed by atoms with Crippen molar-refractivity contribution < 1.29 is 41.1 Å². The first-order valence-electron chi connectivity index (χ1n) is 9.73. The summed E-state index contributed by atoms with van der Waals surface area (Å²) < 4.78 is 70.9. The number of alkyl halides is 3. The minimum Gasteiger partial charge on any atom is -0.471 e. The molecule has 2 aromatic rings. The van der Waals surface area contributed by atoms with Gasteiger partial charge in [-0.1, -0.05) is 0 Å². The number of anilines is 1. The monoisotopic (exact) mass is 565 g/mol. The predicted molar refractivity (Wildman–Crippen MR) is 112 cm³/mol. The summed E-state index contributed by atoms with van der Waals surface area (Å²) in [5.41, 5.74) is 5.95. The first-order chi connectivity index (χ1) is 16.3. The van der Waals surface area contributed by atoms with Gasteiger partial charge in [-0.3, -0.25) is 4.79 Å². The van der Waals surface area contributed by atoms with E-state index in [2.05, 4.69) is 30.7 Å². The number of rotatable bonds is 6. The fourth-order valence-corrected chi connectivity index (χ4v) is 3.49. The van der Waals surface area contributed by atoms with E-state index in [0.29, 0.717) is 17.0 Å². The number of hydroxylamine groups is 2. The van der Waals surface area contributed by atoms with Gasteiger partial charge in [0.25, 0.3) is 5.91 Å². The van der Waals surface area contributed by atoms with E-state index in [1.807, 2.05) is 0 Å². The van der Waals surface area contributed by atoms with Gasteiger partial charge in [0.05, 0.1) is 6.54 Å². The van der Waals surface area contributed by atoms with E-state index in [0.717, 1.165) is 17.0 Å². The van der Waals surface area contributed by atoms with Gasteiger partial charge in [0, 0.05) is 23.4 Å². The molecule has 188 valence electrons. The average Bonchev–Trinajstić information content (AvgIpc) is 2.76. The molecule has 1 atom stereocenters. The van der Waals surface area contributed by atoms with Gasteiger partial charge in [0.2, 0.25) is 5.88 Å². The molecular weight excluding hydrogens is 549 g/mol. The van der Waals surface area contributed by atoms with Crippen LogP contribution in [0.25, 0.3) is 0 Å². The smallest absolute Gasteiger partial charge is 0.471 e. The molecule has 0 saturated carbocycles. The minimum atomic E-state index is -5.37. The molecule has 15 heteroatoms. The Morgan fingerprint density at radius 1 is 1.26 bits per heavy atom. The standard InChI is InChI=1S/C20H17BrF5N5O4/c1-9-28-6-12(16(27)29-9)7-30-10(2)31(35-19(33)20(24,25)26)18(15(21)17(30)32)34-8-11-3-4-13(22)5-14(11)23/h3-6,10H,7-8H2,1-2H3,(H2,27,28,29). The van der Waals surface area contributed by atoms with Crippen molar-refractivity contribution in [3.05, 3.63) is 63.3 Å². The summed E-state index contributed by atoms with van der Waals surface area (Å²) in [5.74, 6) is -5.46. The topological polar surface area (TPSA) is 111 Å². The summed E-state index contributed by atoms with van der Waals surface area (Å²) in [6.45, 7) is 1.95. The van der Waals surface area contributed by atoms with Crippen molar-refractivity contribution in [3.8, 4) is 0 Å². The zero-order chi connectivity index (χ0) is 26.1. The third-order valence-electron chi connectivity index (χ3n) is 4.78. The highest BCUT2D eigenvalue weighted by atomic mass is 79.9. The number of carbonyl (C=O) groups is 2. The number of carbonyl (C=O) groups excluding carboxylic acids is 2. The average molecular weight is 566 g/mol. The second-order valence-corrected chi connectivity index (χ2v) is 8.03. The zero-order valence-corrected chi connectivity index (χ0v) is 19.7. The van der Waals surface area contributed by atoms with Crippen molar-refractivity contribution in [2.45, 2.75) is 39.3 Å². The molecule has 0 bridgehead atoms. The third kappa shape index (κ3) is 5.78. The molecule has 0 fully saturated rings. The van der Waals surface area contributed by atoms with Crippen molar-refractivity contribution in [1.82, 2.24) is 19.9 Å². The molecule has 1 aromatic carbocycles. The Bertz CT molecular complexity index is 1190. The van der Waals surface area contributed by atoms with E-state index >= 15 is 0 Å². The van der Waals surface area contributed by atoms with Crippen molar-refractivity contribution in [2.75, 3.05) is 5.73 Å². The van der Waals surface area contributed by atoms with Gasteiger partial charge in [0.15, 0.2) is 0 Å². The first-order valence-corrected chi connectivity index (χ1v) is 10.5. The number of benzene rings is 1. The van der Waals surface area contributed by atoms with Gasteiger partial charge in [0.1, 0.15) is 40.5 Å². The quantitative estimate of drug-likeness (QED) is 0.530. The molecular formula is C20H17BrF5N5O4. The van der Waals surface area contributed by atoms with Gasteiger partial charge in [-0.15, -0.1) is 5.06 Å². The lowest BCUT2D eigenvalue weighted by Gasteiger charge is -2.41. The Labute approximate surface area is 203 Å². The number of aryl methyl sites for hydroxylation is 1. The van der Waals surface area contributed by atoms with Crippen molar-refractivity contribution in [3.63, 3.8) is 0 Å². The fraction of sp³-hybridized carbons (Fsp3) is 0.300. The lowest BCUT2D eigenvalue weighted by Crippen LogP contribution is -2.54. The Kier molecular flexibility index (Phi) is 7.47. The van der Waals surface area contributed by atoms with Crippen LogP contribution in [0.2, 0.25) is 0 Å². The van der Waals surface area contributed by atoms with Crippen molar-refractivity contribution >= 4 is 33.6 Å². The van der Waals surface area contributed by atoms with E-state index in [-0.39, 0.29) is 23.5 Å². The number of aromatic nitrogens is 2. The summed E-state index contributed by atoms with van der Waals surface area (Å²) in [6, 6.07) is 2.57. The molecule has 2 N–H and O–H groups in total. The number of hydrogen-bond donors (Lipinski definition) is 1. The van der Waals surface area contributed by atoms with Crippen LogP contribution in [-0.4, -0.2) is 44.1 Å². The highest BCUT2D eigenvalue weighted by Crippen LogP contribution is 2.33. The second kappa shape index (κ2) is 10.0. The highest BCUT2D eigenvalue weighted by Gasteiger charge is 2.47. The predicted octanol–water partition coefficient (Wildman–Crippen LogP) is 3.44. The summed E-state index contributed by atoms with van der Waals surface area (Å²) in [6.07, 6.45) is -5.38. The molecule has 0 spiro atoms. The number of halogens is 6. The SMILES string of the molecule is Cc1ncc(CN2C(=O)C(Br)=C(OCc3ccc(F)cc3F)N(OC(=O)C(F)(F)F)C2C)c(N)n1. The largest absolute Gasteiger partial charge is 0.493 e. The van der Waals surface area contributed by atoms with E-state index in [9.17, 15) is 31.5 Å². The summed E-state index contributed by atoms with van der Waals surface area (Å²) in [4.78, 5) is 38.1. The Balaban J connectivity index is 1.96. The van der Waals surface area contributed by atoms with E-state index in [4.69, 9.17) is 10.5 Å². The van der Waals surface area contributed by atoms with E-state index in [1.165, 1.54) is 13.1 Å². The minimum absolute atomic E-state index is 0.0327. The lowest BCUT2D eigenvalue weighted by atomic mass is 10.2. The Hall–Kier alpha value is -3.49. The first kappa shape index (κ1) is 26.1. The van der Waals surface area contributed by atoms with Crippen LogP contribution in [-0.2, 0) is 32.3 Å². The maximum atomic E-state index is 14.0. The molecule has 1 aromatic heterocycles. The number of amides is 1. The van der Waals surface area contributed by atoms with Gasteiger partial charge in [-0.05, 0) is 41.9 Å². The normalized spacial score (nSPS) is 16.6. The van der Waals surface area contributed by atoms with Crippen molar-refractivity contribution in [2.24, 2.45) is 0 Å². The second-order valence-electron chi connectivity index (χ2n) is 7.24. The molecule has 0 aliphatic carbocycles. The molecule has 1 amide bonds. The van der Waals surface area contributed by atoms with Crippen molar-refractivity contribution in [1.29, 1.82) is 0 Å². The fourth-order valence-electron chi connectivity index (χ4n) is 2.97. The number of ether oxygens (including phenoxy) is 1. The van der Waals surface area contributed by atoms with Crippen LogP contribution in [0.5, 0.6) is 0 Å². The summed E-state index contributed by atoms with van der Waals surface area (Å²) >= 11 is 2.95. The maximum absolute atomic E-state index is 14.0. The van der Waals surface area contributed by atoms with Crippen LogP contribution in [0, 0.1) is 18.6 Å². The number of nitrogens with zero attached hydrogens (tertiary/aromatic N) is 4. The molecule has 1 aliphatic heterocycles. The molecule has 9 nitrogen and oxygen atoms in total. The Morgan fingerprint density at radius 2 is 1.94 bits per heavy atom. The van der Waals surface area contributed by atoms with Crippen LogP contribution in [0.3, 0.4) is 0 Å². The van der Waals surface area contributed by atoms with Crippen LogP contribution in [0.4, 0.5) is 27.8 Å². The van der Waals surface area contributed by atoms with Gasteiger partial charge in [-0.2, -0.15) is 13.2 Å². The summed E-state index contributed by atoms with van der Waals surface area (Å²) in [7, 11) is 0. The highest BCUT2D eigenvalue weighted by molar-refractivity contribution is 9.12. The third-order valence-corrected chi connectivity index (χ3v) is 5.46. The Morgan fingerprint density at radius 3 is 2.54 bits per heavy atom. The number of nitrogens with two attached hydrogens (primary N) is 1. The van der Waals surface area contributed by atoms with E-state index < -0.39 is 52.8 Å². The van der Waals surface area contributed by atoms with Gasteiger partial charge >= 0.3 is 12.1 Å². The van der Waals surface area contributed by atoms with Crippen LogP contribution in [0.1, 0.15) is 23.9 Å². The molecule has 1 unspecified atom stereocenters. The van der Waals surface area contributed by atoms with Crippen LogP contribution >= 0.6 is 15.9 Å².